The molecule has 2 aromatic heterocycles. The fourth-order valence-electron chi connectivity index (χ4n) is 3.19. The number of rotatable bonds is 5. The number of pyridine rings is 1. The van der Waals surface area contributed by atoms with Crippen molar-refractivity contribution >= 4 is 17.3 Å². The van der Waals surface area contributed by atoms with E-state index in [0.29, 0.717) is 23.7 Å². The Labute approximate surface area is 173 Å². The Morgan fingerprint density at radius 2 is 1.86 bits per heavy atom. The zero-order chi connectivity index (χ0) is 20.2. The molecule has 0 saturated carbocycles. The molecule has 6 heteroatoms. The molecule has 2 heterocycles. The summed E-state index contributed by atoms with van der Waals surface area (Å²) in [7, 11) is 0. The molecule has 0 aliphatic carbocycles. The summed E-state index contributed by atoms with van der Waals surface area (Å²) < 4.78 is 3.60. The van der Waals surface area contributed by atoms with Gasteiger partial charge in [0.2, 0.25) is 0 Å². The number of benzene rings is 2. The number of imidazole rings is 1. The molecule has 29 heavy (non-hydrogen) atoms. The highest BCUT2D eigenvalue weighted by Crippen LogP contribution is 2.17. The largest absolute Gasteiger partial charge is 0.330 e. The Hall–Kier alpha value is -3.62. The van der Waals surface area contributed by atoms with Crippen LogP contribution in [-0.2, 0) is 13.0 Å². The van der Waals surface area contributed by atoms with Crippen LogP contribution in [0.15, 0.2) is 84.2 Å². The molecule has 0 fully saturated rings. The van der Waals surface area contributed by atoms with Gasteiger partial charge in [0.25, 0.3) is 5.56 Å². The Bertz CT molecular complexity index is 1250. The van der Waals surface area contributed by atoms with E-state index in [4.69, 9.17) is 18.2 Å². The Balaban J connectivity index is 1.54. The monoisotopic (exact) mass is 400 g/mol. The summed E-state index contributed by atoms with van der Waals surface area (Å²) in [5.74, 6) is 0. The van der Waals surface area contributed by atoms with E-state index in [1.165, 1.54) is 0 Å². The first-order chi connectivity index (χ1) is 14.1. The van der Waals surface area contributed by atoms with Crippen LogP contribution >= 0.6 is 11.6 Å². The van der Waals surface area contributed by atoms with Crippen molar-refractivity contribution in [3.8, 4) is 5.69 Å². The van der Waals surface area contributed by atoms with Crippen molar-refractivity contribution in [2.24, 2.45) is 0 Å². The molecule has 0 amide bonds. The van der Waals surface area contributed by atoms with Gasteiger partial charge in [-0.2, -0.15) is 0 Å². The zero-order valence-corrected chi connectivity index (χ0v) is 16.3. The lowest BCUT2D eigenvalue weighted by Crippen LogP contribution is -2.18. The van der Waals surface area contributed by atoms with E-state index in [9.17, 15) is 4.79 Å². The molecule has 0 atom stereocenters. The lowest BCUT2D eigenvalue weighted by molar-refractivity contribution is 0.749. The first-order valence-electron chi connectivity index (χ1n) is 9.05. The Morgan fingerprint density at radius 1 is 1.03 bits per heavy atom. The summed E-state index contributed by atoms with van der Waals surface area (Å²) in [6, 6.07) is 18.3. The molecule has 0 bridgehead atoms. The molecule has 2 aromatic carbocycles. The Kier molecular flexibility index (Phi) is 5.28. The molecule has 0 radical (unpaired) electrons. The molecule has 142 valence electrons. The van der Waals surface area contributed by atoms with Gasteiger partial charge in [-0.25, -0.2) is 9.83 Å². The highest BCUT2D eigenvalue weighted by atomic mass is 35.5. The quantitative estimate of drug-likeness (QED) is 0.448. The molecule has 0 saturated heterocycles. The van der Waals surface area contributed by atoms with Gasteiger partial charge in [-0.1, -0.05) is 41.9 Å². The van der Waals surface area contributed by atoms with Gasteiger partial charge in [-0.3, -0.25) is 9.36 Å². The van der Waals surface area contributed by atoms with E-state index in [1.807, 2.05) is 53.2 Å². The lowest BCUT2D eigenvalue weighted by Gasteiger charge is -2.10. The van der Waals surface area contributed by atoms with Crippen LogP contribution in [0.4, 0.5) is 5.69 Å². The molecular weight excluding hydrogens is 384 g/mol. The maximum Gasteiger partial charge on any atom is 0.255 e. The second-order valence-corrected chi connectivity index (χ2v) is 7.13. The standard InChI is InChI=1S/C23H17ClN4O/c1-25-20-7-5-17(6-8-20)11-22-14-26-16-27(22)15-18-9-10-28(23(29)12-18)21-4-2-3-19(24)13-21/h2-10,12-14,16H,11,15H2. The predicted octanol–water partition coefficient (Wildman–Crippen LogP) is 4.88. The minimum absolute atomic E-state index is 0.110. The summed E-state index contributed by atoms with van der Waals surface area (Å²) >= 11 is 6.03. The molecular formula is C23H17ClN4O. The second kappa shape index (κ2) is 8.17. The highest BCUT2D eigenvalue weighted by Gasteiger charge is 2.07. The van der Waals surface area contributed by atoms with Gasteiger partial charge in [0.1, 0.15) is 0 Å². The van der Waals surface area contributed by atoms with Crippen LogP contribution in [0.3, 0.4) is 0 Å². The third kappa shape index (κ3) is 4.29. The number of hydrogen-bond donors (Lipinski definition) is 0. The van der Waals surface area contributed by atoms with E-state index < -0.39 is 0 Å². The number of nitrogens with zero attached hydrogens (tertiary/aromatic N) is 4. The van der Waals surface area contributed by atoms with Crippen LogP contribution < -0.4 is 5.56 Å². The highest BCUT2D eigenvalue weighted by molar-refractivity contribution is 6.30. The molecule has 5 nitrogen and oxygen atoms in total. The van der Waals surface area contributed by atoms with Crippen LogP contribution in [0.5, 0.6) is 0 Å². The van der Waals surface area contributed by atoms with E-state index in [2.05, 4.69) is 9.83 Å². The predicted molar refractivity (Wildman–Crippen MR) is 114 cm³/mol. The lowest BCUT2D eigenvalue weighted by atomic mass is 10.1. The summed E-state index contributed by atoms with van der Waals surface area (Å²) in [5.41, 5.74) is 4.30. The van der Waals surface area contributed by atoms with Crippen molar-refractivity contribution in [3.05, 3.63) is 123 Å². The van der Waals surface area contributed by atoms with Crippen molar-refractivity contribution in [2.75, 3.05) is 0 Å². The molecule has 0 aliphatic rings. The van der Waals surface area contributed by atoms with Crippen molar-refractivity contribution in [1.29, 1.82) is 0 Å². The van der Waals surface area contributed by atoms with Gasteiger partial charge in [0.05, 0.1) is 18.6 Å². The van der Waals surface area contributed by atoms with Gasteiger partial charge in [0, 0.05) is 42.1 Å². The van der Waals surface area contributed by atoms with Crippen LogP contribution in [0.1, 0.15) is 16.8 Å². The van der Waals surface area contributed by atoms with Crippen molar-refractivity contribution < 1.29 is 0 Å². The third-order valence-corrected chi connectivity index (χ3v) is 4.91. The third-order valence-electron chi connectivity index (χ3n) is 4.67. The van der Waals surface area contributed by atoms with E-state index >= 15 is 0 Å². The minimum atomic E-state index is -0.110. The van der Waals surface area contributed by atoms with Gasteiger partial charge >= 0.3 is 0 Å². The maximum atomic E-state index is 12.6. The molecule has 4 rings (SSSR count). The molecule has 0 spiro atoms. The van der Waals surface area contributed by atoms with Crippen molar-refractivity contribution in [3.63, 3.8) is 0 Å². The van der Waals surface area contributed by atoms with E-state index in [0.717, 1.165) is 22.5 Å². The molecule has 4 aromatic rings. The van der Waals surface area contributed by atoms with Gasteiger partial charge < -0.3 is 4.57 Å². The second-order valence-electron chi connectivity index (χ2n) is 6.69. The first kappa shape index (κ1) is 18.7. The fraction of sp³-hybridized carbons (Fsp3) is 0.0870. The van der Waals surface area contributed by atoms with E-state index in [-0.39, 0.29) is 5.56 Å². The van der Waals surface area contributed by atoms with Crippen LogP contribution in [-0.4, -0.2) is 14.1 Å². The average molecular weight is 401 g/mol. The number of halogens is 1. The minimum Gasteiger partial charge on any atom is -0.330 e. The molecule has 0 aliphatic heterocycles. The number of aromatic nitrogens is 3. The molecule has 0 N–H and O–H groups in total. The van der Waals surface area contributed by atoms with Crippen LogP contribution in [0, 0.1) is 6.57 Å². The SMILES string of the molecule is [C-]#[N+]c1ccc(Cc2cncn2Cc2ccn(-c3cccc(Cl)c3)c(=O)c2)cc1. The smallest absolute Gasteiger partial charge is 0.255 e. The van der Waals surface area contributed by atoms with Crippen molar-refractivity contribution in [1.82, 2.24) is 14.1 Å². The first-order valence-corrected chi connectivity index (χ1v) is 9.43. The summed E-state index contributed by atoms with van der Waals surface area (Å²) in [6.07, 6.45) is 6.07. The van der Waals surface area contributed by atoms with Gasteiger partial charge in [0.15, 0.2) is 5.69 Å². The maximum absolute atomic E-state index is 12.6. The summed E-state index contributed by atoms with van der Waals surface area (Å²) in [5, 5.41) is 0.589. The zero-order valence-electron chi connectivity index (χ0n) is 15.5. The normalized spacial score (nSPS) is 10.6. The average Bonchev–Trinajstić information content (AvgIpc) is 3.15. The van der Waals surface area contributed by atoms with Crippen LogP contribution in [0.25, 0.3) is 10.5 Å². The Morgan fingerprint density at radius 3 is 2.59 bits per heavy atom. The summed E-state index contributed by atoms with van der Waals surface area (Å²) in [4.78, 5) is 20.3. The molecule has 0 unspecified atom stereocenters. The fourth-order valence-corrected chi connectivity index (χ4v) is 3.37. The summed E-state index contributed by atoms with van der Waals surface area (Å²) in [6.45, 7) is 7.60. The van der Waals surface area contributed by atoms with Crippen molar-refractivity contribution in [2.45, 2.75) is 13.0 Å². The van der Waals surface area contributed by atoms with Gasteiger partial charge in [-0.05, 0) is 35.4 Å². The number of hydrogen-bond acceptors (Lipinski definition) is 2. The topological polar surface area (TPSA) is 44.2 Å². The van der Waals surface area contributed by atoms with Gasteiger partial charge in [-0.15, -0.1) is 0 Å². The van der Waals surface area contributed by atoms with Crippen LogP contribution in [0.2, 0.25) is 5.02 Å². The van der Waals surface area contributed by atoms with E-state index in [1.54, 1.807) is 35.3 Å².